The molecule has 28 heavy (non-hydrogen) atoms. The molecule has 0 fully saturated rings. The van der Waals surface area contributed by atoms with Gasteiger partial charge < -0.3 is 5.32 Å². The Bertz CT molecular complexity index is 1070. The Hall–Kier alpha value is -2.99. The lowest BCUT2D eigenvalue weighted by atomic mass is 10.1. The van der Waals surface area contributed by atoms with Crippen LogP contribution in [0.3, 0.4) is 0 Å². The second-order valence-corrected chi connectivity index (χ2v) is 8.36. The molecular weight excluding hydrogens is 377 g/mol. The van der Waals surface area contributed by atoms with Crippen molar-refractivity contribution in [3.63, 3.8) is 0 Å². The van der Waals surface area contributed by atoms with Gasteiger partial charge in [0.15, 0.2) is 9.84 Å². The van der Waals surface area contributed by atoms with Crippen molar-refractivity contribution in [2.75, 3.05) is 6.54 Å². The summed E-state index contributed by atoms with van der Waals surface area (Å²) in [5, 5.41) is 2.74. The maximum Gasteiger partial charge on any atom is 0.251 e. The van der Waals surface area contributed by atoms with Crippen LogP contribution in [0.1, 0.15) is 21.5 Å². The standard InChI is InChI=1S/C22H20FNO3S/c23-21-12-5-4-8-18(21)13-14-24-22(25)19-9-6-7-17(15-19)16-28(26,27)20-10-2-1-3-11-20/h1-12,15H,13-14,16H2,(H,24,25). The van der Waals surface area contributed by atoms with E-state index in [1.807, 2.05) is 0 Å². The molecule has 0 atom stereocenters. The lowest BCUT2D eigenvalue weighted by Gasteiger charge is -2.08. The fourth-order valence-electron chi connectivity index (χ4n) is 2.85. The summed E-state index contributed by atoms with van der Waals surface area (Å²) in [6, 6.07) is 21.1. The van der Waals surface area contributed by atoms with Crippen molar-refractivity contribution >= 4 is 15.7 Å². The summed E-state index contributed by atoms with van der Waals surface area (Å²) in [7, 11) is -3.49. The molecule has 0 aliphatic carbocycles. The zero-order chi connectivity index (χ0) is 20.0. The molecule has 0 bridgehead atoms. The number of sulfone groups is 1. The molecule has 3 aromatic rings. The average Bonchev–Trinajstić information content (AvgIpc) is 2.70. The molecule has 0 aromatic heterocycles. The van der Waals surface area contributed by atoms with Crippen LogP contribution in [0.15, 0.2) is 83.8 Å². The predicted octanol–water partition coefficient (Wildman–Crippen LogP) is 3.77. The van der Waals surface area contributed by atoms with E-state index in [0.29, 0.717) is 23.1 Å². The van der Waals surface area contributed by atoms with Crippen molar-refractivity contribution in [2.45, 2.75) is 17.1 Å². The fourth-order valence-corrected chi connectivity index (χ4v) is 4.20. The summed E-state index contributed by atoms with van der Waals surface area (Å²) in [4.78, 5) is 12.6. The second-order valence-electron chi connectivity index (χ2n) is 6.37. The van der Waals surface area contributed by atoms with Crippen molar-refractivity contribution in [1.29, 1.82) is 0 Å². The van der Waals surface area contributed by atoms with E-state index in [2.05, 4.69) is 5.32 Å². The lowest BCUT2D eigenvalue weighted by Crippen LogP contribution is -2.26. The number of benzene rings is 3. The highest BCUT2D eigenvalue weighted by Gasteiger charge is 2.16. The van der Waals surface area contributed by atoms with Gasteiger partial charge in [-0.25, -0.2) is 12.8 Å². The minimum Gasteiger partial charge on any atom is -0.352 e. The number of carbonyl (C=O) groups is 1. The number of carbonyl (C=O) groups excluding carboxylic acids is 1. The largest absolute Gasteiger partial charge is 0.352 e. The lowest BCUT2D eigenvalue weighted by molar-refractivity contribution is 0.0954. The van der Waals surface area contributed by atoms with Gasteiger partial charge in [0.05, 0.1) is 10.6 Å². The van der Waals surface area contributed by atoms with E-state index in [-0.39, 0.29) is 28.9 Å². The Morgan fingerprint density at radius 1 is 0.893 bits per heavy atom. The van der Waals surface area contributed by atoms with Gasteiger partial charge >= 0.3 is 0 Å². The van der Waals surface area contributed by atoms with E-state index < -0.39 is 9.84 Å². The van der Waals surface area contributed by atoms with Crippen molar-refractivity contribution in [3.05, 3.63) is 101 Å². The first-order valence-corrected chi connectivity index (χ1v) is 10.5. The van der Waals surface area contributed by atoms with Crippen LogP contribution in [0.25, 0.3) is 0 Å². The van der Waals surface area contributed by atoms with Crippen LogP contribution in [0.2, 0.25) is 0 Å². The van der Waals surface area contributed by atoms with Crippen LogP contribution in [0.4, 0.5) is 4.39 Å². The van der Waals surface area contributed by atoms with Gasteiger partial charge in [0.1, 0.15) is 5.82 Å². The summed E-state index contributed by atoms with van der Waals surface area (Å²) in [5.74, 6) is -0.812. The SMILES string of the molecule is O=C(NCCc1ccccc1F)c1cccc(CS(=O)(=O)c2ccccc2)c1. The van der Waals surface area contributed by atoms with E-state index in [9.17, 15) is 17.6 Å². The molecule has 0 heterocycles. The van der Waals surface area contributed by atoms with Crippen LogP contribution in [0, 0.1) is 5.82 Å². The second kappa shape index (κ2) is 8.80. The third-order valence-electron chi connectivity index (χ3n) is 4.29. The first kappa shape index (κ1) is 19.8. The van der Waals surface area contributed by atoms with E-state index >= 15 is 0 Å². The molecule has 0 radical (unpaired) electrons. The van der Waals surface area contributed by atoms with Gasteiger partial charge in [0, 0.05) is 12.1 Å². The number of hydrogen-bond donors (Lipinski definition) is 1. The topological polar surface area (TPSA) is 63.2 Å². The monoisotopic (exact) mass is 397 g/mol. The van der Waals surface area contributed by atoms with Crippen LogP contribution < -0.4 is 5.32 Å². The highest BCUT2D eigenvalue weighted by atomic mass is 32.2. The summed E-state index contributed by atoms with van der Waals surface area (Å²) in [6.07, 6.45) is 0.375. The molecule has 0 saturated heterocycles. The van der Waals surface area contributed by atoms with Crippen LogP contribution in [-0.2, 0) is 22.0 Å². The van der Waals surface area contributed by atoms with Gasteiger partial charge in [-0.3, -0.25) is 4.79 Å². The summed E-state index contributed by atoms with van der Waals surface area (Å²) in [6.45, 7) is 0.284. The van der Waals surface area contributed by atoms with Crippen molar-refractivity contribution in [2.24, 2.45) is 0 Å². The Morgan fingerprint density at radius 2 is 1.61 bits per heavy atom. The van der Waals surface area contributed by atoms with Crippen molar-refractivity contribution in [1.82, 2.24) is 5.32 Å². The number of rotatable bonds is 7. The number of halogens is 1. The van der Waals surface area contributed by atoms with E-state index in [1.165, 1.54) is 6.07 Å². The molecule has 144 valence electrons. The maximum atomic E-state index is 13.6. The molecule has 0 unspecified atom stereocenters. The van der Waals surface area contributed by atoms with Crippen molar-refractivity contribution < 1.29 is 17.6 Å². The fraction of sp³-hybridized carbons (Fsp3) is 0.136. The molecule has 6 heteroatoms. The first-order valence-electron chi connectivity index (χ1n) is 8.84. The smallest absolute Gasteiger partial charge is 0.251 e. The van der Waals surface area contributed by atoms with E-state index in [0.717, 1.165) is 0 Å². The Balaban J connectivity index is 1.64. The number of amides is 1. The van der Waals surface area contributed by atoms with Crippen LogP contribution >= 0.6 is 0 Å². The Morgan fingerprint density at radius 3 is 2.36 bits per heavy atom. The number of hydrogen-bond acceptors (Lipinski definition) is 3. The minimum absolute atomic E-state index is 0.187. The zero-order valence-electron chi connectivity index (χ0n) is 15.1. The maximum absolute atomic E-state index is 13.6. The van der Waals surface area contributed by atoms with Crippen LogP contribution in [0.5, 0.6) is 0 Å². The minimum atomic E-state index is -3.49. The molecular formula is C22H20FNO3S. The molecule has 0 aliphatic heterocycles. The molecule has 3 aromatic carbocycles. The highest BCUT2D eigenvalue weighted by molar-refractivity contribution is 7.90. The predicted molar refractivity (Wildman–Crippen MR) is 106 cm³/mol. The first-order chi connectivity index (χ1) is 13.5. The summed E-state index contributed by atoms with van der Waals surface area (Å²) in [5.41, 5.74) is 1.44. The van der Waals surface area contributed by atoms with Crippen LogP contribution in [-0.4, -0.2) is 20.9 Å². The molecule has 0 aliphatic rings. The Kier molecular flexibility index (Phi) is 6.21. The molecule has 3 rings (SSSR count). The van der Waals surface area contributed by atoms with E-state index in [1.54, 1.807) is 72.8 Å². The average molecular weight is 397 g/mol. The van der Waals surface area contributed by atoms with Gasteiger partial charge in [-0.1, -0.05) is 48.5 Å². The normalized spacial score (nSPS) is 11.2. The van der Waals surface area contributed by atoms with Gasteiger partial charge in [-0.05, 0) is 47.9 Å². The third kappa shape index (κ3) is 5.04. The third-order valence-corrected chi connectivity index (χ3v) is 5.99. The van der Waals surface area contributed by atoms with Gasteiger partial charge in [-0.15, -0.1) is 0 Å². The Labute approximate surface area is 164 Å². The molecule has 4 nitrogen and oxygen atoms in total. The summed E-state index contributed by atoms with van der Waals surface area (Å²) < 4.78 is 38.6. The van der Waals surface area contributed by atoms with E-state index in [4.69, 9.17) is 0 Å². The summed E-state index contributed by atoms with van der Waals surface area (Å²) >= 11 is 0. The van der Waals surface area contributed by atoms with Gasteiger partial charge in [0.2, 0.25) is 0 Å². The molecule has 0 spiro atoms. The van der Waals surface area contributed by atoms with Gasteiger partial charge in [-0.2, -0.15) is 0 Å². The van der Waals surface area contributed by atoms with Gasteiger partial charge in [0.25, 0.3) is 5.91 Å². The molecule has 1 N–H and O–H groups in total. The van der Waals surface area contributed by atoms with Crippen molar-refractivity contribution in [3.8, 4) is 0 Å². The molecule has 0 saturated carbocycles. The highest BCUT2D eigenvalue weighted by Crippen LogP contribution is 2.17. The molecule has 1 amide bonds. The zero-order valence-corrected chi connectivity index (χ0v) is 16.0. The number of nitrogens with one attached hydrogen (secondary N) is 1. The quantitative estimate of drug-likeness (QED) is 0.660.